The lowest BCUT2D eigenvalue weighted by Crippen LogP contribution is -2.61. The van der Waals surface area contributed by atoms with E-state index in [1.807, 2.05) is 0 Å². The number of methoxy groups -OCH3 is 1. The first kappa shape index (κ1) is 21.8. The Bertz CT molecular complexity index is 1190. The van der Waals surface area contributed by atoms with E-state index in [9.17, 15) is 30.0 Å². The Morgan fingerprint density at radius 2 is 1.72 bits per heavy atom. The van der Waals surface area contributed by atoms with Gasteiger partial charge in [-0.15, -0.1) is 0 Å². The van der Waals surface area contributed by atoms with E-state index in [0.29, 0.717) is 11.3 Å². The molecule has 1 fully saturated rings. The topological polar surface area (TPSA) is 156 Å². The van der Waals surface area contributed by atoms with Crippen molar-refractivity contribution in [3.63, 3.8) is 0 Å². The van der Waals surface area contributed by atoms with Gasteiger partial charge in [0.15, 0.2) is 11.9 Å². The highest BCUT2D eigenvalue weighted by Gasteiger charge is 2.48. The number of fused-ring (bicyclic) bond motifs is 1. The van der Waals surface area contributed by atoms with Crippen molar-refractivity contribution in [3.05, 3.63) is 58.8 Å². The Kier molecular flexibility index (Phi) is 5.85. The molecule has 4 rings (SSSR count). The van der Waals surface area contributed by atoms with Crippen molar-refractivity contribution in [2.45, 2.75) is 30.7 Å². The minimum Gasteiger partial charge on any atom is -0.497 e. The predicted octanol–water partition coefficient (Wildman–Crippen LogP) is 0.740. The fraction of sp³-hybridized carbons (Fsp3) is 0.273. The zero-order chi connectivity index (χ0) is 23.0. The molecule has 0 radical (unpaired) electrons. The first-order valence-corrected chi connectivity index (χ1v) is 9.61. The molecule has 32 heavy (non-hydrogen) atoms. The molecule has 0 aliphatic carbocycles. The van der Waals surface area contributed by atoms with Crippen LogP contribution in [0.15, 0.2) is 57.7 Å². The van der Waals surface area contributed by atoms with E-state index in [2.05, 4.69) is 0 Å². The molecule has 168 valence electrons. The third kappa shape index (κ3) is 3.80. The van der Waals surface area contributed by atoms with Crippen LogP contribution in [0, 0.1) is 0 Å². The minimum atomic E-state index is -1.89. The van der Waals surface area contributed by atoms with Crippen molar-refractivity contribution in [2.24, 2.45) is 0 Å². The molecule has 0 bridgehead atoms. The molecule has 4 N–H and O–H groups in total. The van der Waals surface area contributed by atoms with Gasteiger partial charge in [0, 0.05) is 11.6 Å². The van der Waals surface area contributed by atoms with Gasteiger partial charge in [-0.25, -0.2) is 4.79 Å². The lowest BCUT2D eigenvalue weighted by atomic mass is 9.99. The number of aliphatic hydroxyl groups excluding tert-OH is 3. The Morgan fingerprint density at radius 3 is 2.38 bits per heavy atom. The van der Waals surface area contributed by atoms with Gasteiger partial charge in [-0.05, 0) is 12.1 Å². The van der Waals surface area contributed by atoms with Crippen LogP contribution in [0.1, 0.15) is 0 Å². The number of aliphatic hydroxyl groups is 3. The summed E-state index contributed by atoms with van der Waals surface area (Å²) in [7, 11) is 1.47. The fourth-order valence-corrected chi connectivity index (χ4v) is 3.44. The van der Waals surface area contributed by atoms with Crippen molar-refractivity contribution in [2.75, 3.05) is 7.11 Å². The normalized spacial score (nSPS) is 25.4. The molecular formula is C22H20O10. The molecular weight excluding hydrogens is 424 g/mol. The maximum absolute atomic E-state index is 13.3. The second kappa shape index (κ2) is 8.60. The highest BCUT2D eigenvalue weighted by atomic mass is 16.7. The average Bonchev–Trinajstić information content (AvgIpc) is 2.80. The van der Waals surface area contributed by atoms with Gasteiger partial charge in [-0.2, -0.15) is 0 Å². The summed E-state index contributed by atoms with van der Waals surface area (Å²) in [6.45, 7) is 0. The van der Waals surface area contributed by atoms with Crippen molar-refractivity contribution >= 4 is 16.9 Å². The predicted molar refractivity (Wildman–Crippen MR) is 109 cm³/mol. The quantitative estimate of drug-likeness (QED) is 0.443. The maximum atomic E-state index is 13.3. The summed E-state index contributed by atoms with van der Waals surface area (Å²) in [5, 5.41) is 39.6. The molecule has 0 amide bonds. The number of carboxylic acid groups (broad SMARTS) is 1. The fourth-order valence-electron chi connectivity index (χ4n) is 3.44. The lowest BCUT2D eigenvalue weighted by Gasteiger charge is -2.38. The van der Waals surface area contributed by atoms with Crippen molar-refractivity contribution in [1.29, 1.82) is 0 Å². The van der Waals surface area contributed by atoms with E-state index < -0.39 is 42.1 Å². The first-order valence-electron chi connectivity index (χ1n) is 9.61. The molecule has 1 aliphatic heterocycles. The van der Waals surface area contributed by atoms with Gasteiger partial charge >= 0.3 is 5.97 Å². The van der Waals surface area contributed by atoms with Gasteiger partial charge in [0.2, 0.25) is 17.5 Å². The van der Waals surface area contributed by atoms with Gasteiger partial charge < -0.3 is 39.1 Å². The molecule has 3 aromatic rings. The van der Waals surface area contributed by atoms with Gasteiger partial charge in [0.05, 0.1) is 12.5 Å². The summed E-state index contributed by atoms with van der Waals surface area (Å²) in [5.41, 5.74) is 0.0607. The zero-order valence-electron chi connectivity index (χ0n) is 16.7. The monoisotopic (exact) mass is 444 g/mol. The van der Waals surface area contributed by atoms with E-state index in [4.69, 9.17) is 18.6 Å². The van der Waals surface area contributed by atoms with Crippen LogP contribution >= 0.6 is 0 Å². The van der Waals surface area contributed by atoms with Crippen LogP contribution in [0.3, 0.4) is 0 Å². The van der Waals surface area contributed by atoms with E-state index in [1.54, 1.807) is 36.4 Å². The summed E-state index contributed by atoms with van der Waals surface area (Å²) in [6, 6.07) is 13.1. The van der Waals surface area contributed by atoms with E-state index in [-0.39, 0.29) is 22.5 Å². The van der Waals surface area contributed by atoms with Crippen LogP contribution in [0.4, 0.5) is 0 Å². The summed E-state index contributed by atoms with van der Waals surface area (Å²) in [4.78, 5) is 24.7. The van der Waals surface area contributed by atoms with Crippen LogP contribution in [0.2, 0.25) is 0 Å². The molecule has 10 heteroatoms. The Hall–Kier alpha value is -3.44. The Balaban J connectivity index is 1.85. The van der Waals surface area contributed by atoms with E-state index in [0.717, 1.165) is 0 Å². The summed E-state index contributed by atoms with van der Waals surface area (Å²) < 4.78 is 21.9. The van der Waals surface area contributed by atoms with E-state index >= 15 is 0 Å². The smallest absolute Gasteiger partial charge is 0.335 e. The van der Waals surface area contributed by atoms with Crippen molar-refractivity contribution < 1.29 is 43.8 Å². The minimum absolute atomic E-state index is 0.000334. The van der Waals surface area contributed by atoms with Gasteiger partial charge in [-0.1, -0.05) is 30.3 Å². The Morgan fingerprint density at radius 1 is 1.00 bits per heavy atom. The molecule has 5 unspecified atom stereocenters. The van der Waals surface area contributed by atoms with Crippen LogP contribution in [0.5, 0.6) is 11.5 Å². The van der Waals surface area contributed by atoms with Crippen LogP contribution in [-0.4, -0.2) is 64.2 Å². The molecule has 2 heterocycles. The number of hydrogen-bond donors (Lipinski definition) is 4. The molecule has 0 saturated carbocycles. The number of hydrogen-bond acceptors (Lipinski definition) is 9. The van der Waals surface area contributed by atoms with Crippen molar-refractivity contribution in [3.8, 4) is 22.8 Å². The molecule has 1 saturated heterocycles. The number of aliphatic carboxylic acids is 1. The first-order chi connectivity index (χ1) is 15.3. The van der Waals surface area contributed by atoms with Crippen molar-refractivity contribution in [1.82, 2.24) is 0 Å². The zero-order valence-corrected chi connectivity index (χ0v) is 16.7. The van der Waals surface area contributed by atoms with Gasteiger partial charge in [0.1, 0.15) is 29.6 Å². The summed E-state index contributed by atoms with van der Waals surface area (Å²) >= 11 is 0. The third-order valence-corrected chi connectivity index (χ3v) is 5.14. The molecule has 1 aromatic heterocycles. The second-order valence-corrected chi connectivity index (χ2v) is 7.17. The number of rotatable bonds is 5. The number of carboxylic acids is 1. The average molecular weight is 444 g/mol. The highest BCUT2D eigenvalue weighted by molar-refractivity contribution is 5.83. The summed E-state index contributed by atoms with van der Waals surface area (Å²) in [5.74, 6) is -1.47. The number of ether oxygens (including phenoxy) is 3. The largest absolute Gasteiger partial charge is 0.497 e. The van der Waals surface area contributed by atoms with Crippen LogP contribution < -0.4 is 14.9 Å². The Labute approximate surface area is 180 Å². The molecule has 1 aliphatic rings. The number of benzene rings is 2. The molecule has 5 atom stereocenters. The molecule has 10 nitrogen and oxygen atoms in total. The van der Waals surface area contributed by atoms with Crippen LogP contribution in [-0.2, 0) is 9.53 Å². The SMILES string of the molecule is COc1ccc2c(=O)c(OC3OC(C(=O)O)C(O)C(O)C3O)c(-c3ccccc3)oc2c1. The lowest BCUT2D eigenvalue weighted by molar-refractivity contribution is -0.271. The molecule has 2 aromatic carbocycles. The highest BCUT2D eigenvalue weighted by Crippen LogP contribution is 2.34. The molecule has 0 spiro atoms. The third-order valence-electron chi connectivity index (χ3n) is 5.14. The second-order valence-electron chi connectivity index (χ2n) is 7.17. The van der Waals surface area contributed by atoms with Crippen LogP contribution in [0.25, 0.3) is 22.3 Å². The maximum Gasteiger partial charge on any atom is 0.335 e. The summed E-state index contributed by atoms with van der Waals surface area (Å²) in [6.07, 6.45) is -9.26. The standard InChI is InChI=1S/C22H20O10/c1-29-11-7-8-12-13(9-11)30-18(10-5-3-2-4-6-10)19(14(12)23)31-22-17(26)15(24)16(25)20(32-22)21(27)28/h2-9,15-17,20,22,24-26H,1H3,(H,27,28). The van der Waals surface area contributed by atoms with E-state index in [1.165, 1.54) is 19.2 Å². The van der Waals surface area contributed by atoms with Gasteiger partial charge in [-0.3, -0.25) is 4.79 Å². The van der Waals surface area contributed by atoms with Gasteiger partial charge in [0.25, 0.3) is 0 Å². The number of carbonyl (C=O) groups is 1.